The van der Waals surface area contributed by atoms with Crippen molar-refractivity contribution < 1.29 is 14.1 Å². The number of carbonyl (C=O) groups is 2. The van der Waals surface area contributed by atoms with Gasteiger partial charge >= 0.3 is 0 Å². The van der Waals surface area contributed by atoms with Crippen molar-refractivity contribution in [1.29, 1.82) is 0 Å². The number of amides is 2. The van der Waals surface area contributed by atoms with Gasteiger partial charge in [0.15, 0.2) is 0 Å². The van der Waals surface area contributed by atoms with Crippen LogP contribution in [0, 0.1) is 13.8 Å². The molecule has 0 unspecified atom stereocenters. The largest absolute Gasteiger partial charge is 0.332 e. The molecule has 0 fully saturated rings. The number of hydrazone groups is 1. The Kier molecular flexibility index (Phi) is 5.34. The second kappa shape index (κ2) is 8.24. The molecule has 0 bridgehead atoms. The first kappa shape index (κ1) is 19.4. The average Bonchev–Trinajstić information content (AvgIpc) is 3.23. The van der Waals surface area contributed by atoms with E-state index in [1.165, 1.54) is 0 Å². The summed E-state index contributed by atoms with van der Waals surface area (Å²) in [6.07, 6.45) is 3.86. The van der Waals surface area contributed by atoms with Gasteiger partial charge in [-0.25, -0.2) is 5.01 Å². The summed E-state index contributed by atoms with van der Waals surface area (Å²) in [5, 5.41) is 12.2. The highest BCUT2D eigenvalue weighted by atomic mass is 16.5. The molecule has 0 radical (unpaired) electrons. The van der Waals surface area contributed by atoms with Gasteiger partial charge in [0.1, 0.15) is 12.3 Å². The molecule has 1 aliphatic rings. The van der Waals surface area contributed by atoms with E-state index in [2.05, 4.69) is 25.5 Å². The second-order valence-electron chi connectivity index (χ2n) is 7.03. The number of carbonyl (C=O) groups excluding carboxylic acids is 2. The zero-order valence-corrected chi connectivity index (χ0v) is 16.6. The van der Waals surface area contributed by atoms with Crippen molar-refractivity contribution >= 4 is 23.2 Å². The first-order chi connectivity index (χ1) is 14.5. The first-order valence-corrected chi connectivity index (χ1v) is 9.49. The molecule has 1 aliphatic heterocycles. The van der Waals surface area contributed by atoms with Crippen LogP contribution in [0.5, 0.6) is 0 Å². The molecule has 4 rings (SSSR count). The van der Waals surface area contributed by atoms with Gasteiger partial charge in [0.2, 0.25) is 17.6 Å². The molecule has 0 atom stereocenters. The van der Waals surface area contributed by atoms with Crippen LogP contribution in [0.2, 0.25) is 0 Å². The molecule has 9 nitrogen and oxygen atoms in total. The normalized spacial score (nSPS) is 13.9. The molecule has 0 spiro atoms. The minimum Gasteiger partial charge on any atom is -0.332 e. The molecule has 0 saturated carbocycles. The number of benzene rings is 1. The van der Waals surface area contributed by atoms with Crippen LogP contribution in [0.25, 0.3) is 11.4 Å². The summed E-state index contributed by atoms with van der Waals surface area (Å²) in [6, 6.07) is 9.33. The summed E-state index contributed by atoms with van der Waals surface area (Å²) in [7, 11) is 0. The Morgan fingerprint density at radius 3 is 2.87 bits per heavy atom. The molecule has 30 heavy (non-hydrogen) atoms. The van der Waals surface area contributed by atoms with E-state index in [1.807, 2.05) is 38.1 Å². The van der Waals surface area contributed by atoms with Crippen LogP contribution < -0.4 is 5.32 Å². The average molecular weight is 404 g/mol. The van der Waals surface area contributed by atoms with E-state index < -0.39 is 0 Å². The molecule has 2 aromatic heterocycles. The van der Waals surface area contributed by atoms with E-state index in [4.69, 9.17) is 4.52 Å². The van der Waals surface area contributed by atoms with E-state index in [9.17, 15) is 9.59 Å². The summed E-state index contributed by atoms with van der Waals surface area (Å²) in [5.41, 5.74) is 3.95. The maximum Gasteiger partial charge on any atom is 0.274 e. The number of anilines is 1. The van der Waals surface area contributed by atoms with Crippen molar-refractivity contribution in [2.24, 2.45) is 5.10 Å². The van der Waals surface area contributed by atoms with Gasteiger partial charge in [-0.2, -0.15) is 10.1 Å². The highest BCUT2D eigenvalue weighted by molar-refractivity contribution is 6.02. The summed E-state index contributed by atoms with van der Waals surface area (Å²) >= 11 is 0. The van der Waals surface area contributed by atoms with Crippen molar-refractivity contribution in [2.75, 3.05) is 11.9 Å². The number of rotatable bonds is 5. The van der Waals surface area contributed by atoms with Crippen LogP contribution in [0.1, 0.15) is 29.9 Å². The number of nitrogens with zero attached hydrogens (tertiary/aromatic N) is 5. The zero-order chi connectivity index (χ0) is 21.1. The second-order valence-corrected chi connectivity index (χ2v) is 7.03. The van der Waals surface area contributed by atoms with Crippen LogP contribution in [-0.2, 0) is 9.59 Å². The summed E-state index contributed by atoms with van der Waals surface area (Å²) < 4.78 is 5.31. The van der Waals surface area contributed by atoms with Gasteiger partial charge in [-0.3, -0.25) is 14.6 Å². The minimum absolute atomic E-state index is 0.195. The number of aromatic nitrogens is 3. The number of aryl methyl sites for hydroxylation is 2. The lowest BCUT2D eigenvalue weighted by molar-refractivity contribution is -0.135. The van der Waals surface area contributed by atoms with Crippen LogP contribution in [0.3, 0.4) is 0 Å². The summed E-state index contributed by atoms with van der Waals surface area (Å²) in [5.74, 6) is 0.0430. The summed E-state index contributed by atoms with van der Waals surface area (Å²) in [4.78, 5) is 33.1. The molecule has 3 aromatic rings. The number of hydrogen-bond donors (Lipinski definition) is 1. The number of hydrogen-bond acceptors (Lipinski definition) is 7. The lowest BCUT2D eigenvalue weighted by Gasteiger charge is -2.22. The fraction of sp³-hybridized carbons (Fsp3) is 0.238. The Morgan fingerprint density at radius 2 is 2.10 bits per heavy atom. The summed E-state index contributed by atoms with van der Waals surface area (Å²) in [6.45, 7) is 3.71. The van der Waals surface area contributed by atoms with Crippen molar-refractivity contribution in [3.8, 4) is 11.4 Å². The Hall–Kier alpha value is -3.88. The third-order valence-electron chi connectivity index (χ3n) is 4.65. The molecule has 152 valence electrons. The van der Waals surface area contributed by atoms with Gasteiger partial charge in [0, 0.05) is 36.5 Å². The van der Waals surface area contributed by atoms with E-state index >= 15 is 0 Å². The van der Waals surface area contributed by atoms with Gasteiger partial charge in [-0.05, 0) is 37.6 Å². The standard InChI is InChI=1S/C21H20N6O3/c1-13-5-6-16(14(2)10-13)23-18(28)12-27-19(29)8-7-17(25-27)21-24-20(26-30-21)15-4-3-9-22-11-15/h3-6,9-11H,7-8,12H2,1-2H3,(H,23,28). The Balaban J connectivity index is 1.48. The van der Waals surface area contributed by atoms with Crippen LogP contribution in [0.4, 0.5) is 5.69 Å². The van der Waals surface area contributed by atoms with E-state index in [1.54, 1.807) is 18.5 Å². The molecule has 2 amide bonds. The molecule has 3 heterocycles. The quantitative estimate of drug-likeness (QED) is 0.699. The van der Waals surface area contributed by atoms with Crippen LogP contribution >= 0.6 is 0 Å². The topological polar surface area (TPSA) is 114 Å². The number of nitrogens with one attached hydrogen (secondary N) is 1. The molecular formula is C21H20N6O3. The SMILES string of the molecule is Cc1ccc(NC(=O)CN2N=C(c3nc(-c4cccnc4)no3)CCC2=O)c(C)c1. The van der Waals surface area contributed by atoms with E-state index in [-0.39, 0.29) is 30.7 Å². The third kappa shape index (κ3) is 4.24. The third-order valence-corrected chi connectivity index (χ3v) is 4.65. The van der Waals surface area contributed by atoms with Crippen molar-refractivity contribution in [2.45, 2.75) is 26.7 Å². The smallest absolute Gasteiger partial charge is 0.274 e. The highest BCUT2D eigenvalue weighted by Gasteiger charge is 2.26. The van der Waals surface area contributed by atoms with E-state index in [0.29, 0.717) is 29.2 Å². The lowest BCUT2D eigenvalue weighted by Crippen LogP contribution is -2.38. The molecule has 0 aliphatic carbocycles. The Morgan fingerprint density at radius 1 is 1.23 bits per heavy atom. The van der Waals surface area contributed by atoms with Crippen molar-refractivity contribution in [1.82, 2.24) is 20.1 Å². The maximum absolute atomic E-state index is 12.5. The molecule has 1 aromatic carbocycles. The molecular weight excluding hydrogens is 384 g/mol. The fourth-order valence-electron chi connectivity index (χ4n) is 3.11. The van der Waals surface area contributed by atoms with Crippen molar-refractivity contribution in [3.05, 3.63) is 59.7 Å². The predicted molar refractivity (Wildman–Crippen MR) is 110 cm³/mol. The minimum atomic E-state index is -0.332. The van der Waals surface area contributed by atoms with Gasteiger partial charge in [-0.15, -0.1) is 0 Å². The monoisotopic (exact) mass is 404 g/mol. The number of pyridine rings is 1. The predicted octanol–water partition coefficient (Wildman–Crippen LogP) is 2.71. The van der Waals surface area contributed by atoms with Crippen LogP contribution in [-0.4, -0.2) is 44.2 Å². The molecule has 1 N–H and O–H groups in total. The highest BCUT2D eigenvalue weighted by Crippen LogP contribution is 2.19. The Labute approximate surface area is 172 Å². The lowest BCUT2D eigenvalue weighted by atomic mass is 10.1. The fourth-order valence-corrected chi connectivity index (χ4v) is 3.11. The van der Waals surface area contributed by atoms with Gasteiger partial charge in [-0.1, -0.05) is 22.9 Å². The maximum atomic E-state index is 12.5. The molecule has 0 saturated heterocycles. The van der Waals surface area contributed by atoms with Gasteiger partial charge in [0.05, 0.1) is 0 Å². The molecule has 9 heteroatoms. The van der Waals surface area contributed by atoms with Crippen LogP contribution in [0.15, 0.2) is 52.4 Å². The Bertz CT molecular complexity index is 1120. The zero-order valence-electron chi connectivity index (χ0n) is 16.6. The van der Waals surface area contributed by atoms with Gasteiger partial charge in [0.25, 0.3) is 5.89 Å². The van der Waals surface area contributed by atoms with E-state index in [0.717, 1.165) is 16.1 Å². The van der Waals surface area contributed by atoms with Gasteiger partial charge < -0.3 is 9.84 Å². The van der Waals surface area contributed by atoms with Crippen molar-refractivity contribution in [3.63, 3.8) is 0 Å². The first-order valence-electron chi connectivity index (χ1n) is 9.49.